The Labute approximate surface area is 124 Å². The molecule has 0 bridgehead atoms. The highest BCUT2D eigenvalue weighted by Crippen LogP contribution is 2.24. The first-order chi connectivity index (χ1) is 9.65. The minimum atomic E-state index is 0.100. The second-order valence-corrected chi connectivity index (χ2v) is 5.64. The molecule has 0 saturated carbocycles. The number of nitrogens with zero attached hydrogens (tertiary/aromatic N) is 1. The molecule has 1 aliphatic heterocycles. The average molecular weight is 286 g/mol. The number of carbonyl (C=O) groups excluding carboxylic acids is 1. The van der Waals surface area contributed by atoms with Gasteiger partial charge in [-0.2, -0.15) is 0 Å². The lowest BCUT2D eigenvalue weighted by Gasteiger charge is -2.29. The van der Waals surface area contributed by atoms with E-state index in [2.05, 4.69) is 0 Å². The van der Waals surface area contributed by atoms with Crippen LogP contribution < -0.4 is 0 Å². The average Bonchev–Trinajstić information content (AvgIpc) is 2.45. The van der Waals surface area contributed by atoms with Gasteiger partial charge in [-0.1, -0.05) is 41.9 Å². The van der Waals surface area contributed by atoms with Crippen LogP contribution in [0.15, 0.2) is 42.5 Å². The number of aryl methyl sites for hydroxylation is 1. The third-order valence-electron chi connectivity index (χ3n) is 3.76. The van der Waals surface area contributed by atoms with Crippen molar-refractivity contribution in [3.05, 3.63) is 69.7 Å². The van der Waals surface area contributed by atoms with Crippen LogP contribution in [0, 0.1) is 6.92 Å². The fourth-order valence-electron chi connectivity index (χ4n) is 2.61. The van der Waals surface area contributed by atoms with Gasteiger partial charge in [-0.25, -0.2) is 0 Å². The van der Waals surface area contributed by atoms with E-state index in [1.165, 1.54) is 0 Å². The molecule has 0 N–H and O–H groups in total. The monoisotopic (exact) mass is 285 g/mol. The Morgan fingerprint density at radius 3 is 2.80 bits per heavy atom. The van der Waals surface area contributed by atoms with Crippen LogP contribution in [0.4, 0.5) is 0 Å². The van der Waals surface area contributed by atoms with Crippen molar-refractivity contribution in [3.8, 4) is 0 Å². The first-order valence-electron chi connectivity index (χ1n) is 6.77. The van der Waals surface area contributed by atoms with Gasteiger partial charge in [-0.15, -0.1) is 0 Å². The van der Waals surface area contributed by atoms with Crippen LogP contribution in [0.3, 0.4) is 0 Å². The quantitative estimate of drug-likeness (QED) is 0.821. The smallest absolute Gasteiger partial charge is 0.254 e. The van der Waals surface area contributed by atoms with Gasteiger partial charge in [0, 0.05) is 23.7 Å². The predicted octanol–water partition coefficient (Wildman–Crippen LogP) is 3.85. The fraction of sp³-hybridized carbons (Fsp3) is 0.235. The molecule has 2 nitrogen and oxygen atoms in total. The van der Waals surface area contributed by atoms with Crippen molar-refractivity contribution in [2.45, 2.75) is 19.9 Å². The van der Waals surface area contributed by atoms with E-state index in [-0.39, 0.29) is 5.91 Å². The van der Waals surface area contributed by atoms with Crippen molar-refractivity contribution in [3.63, 3.8) is 0 Å². The molecule has 0 unspecified atom stereocenters. The Morgan fingerprint density at radius 1 is 1.20 bits per heavy atom. The van der Waals surface area contributed by atoms with Gasteiger partial charge < -0.3 is 4.90 Å². The van der Waals surface area contributed by atoms with Gasteiger partial charge in [-0.3, -0.25) is 4.79 Å². The van der Waals surface area contributed by atoms with E-state index in [0.29, 0.717) is 6.54 Å². The zero-order chi connectivity index (χ0) is 14.1. The SMILES string of the molecule is Cc1ccc(CN2CCc3ccccc3C2=O)c(Cl)c1. The molecule has 0 saturated heterocycles. The predicted molar refractivity (Wildman–Crippen MR) is 81.1 cm³/mol. The summed E-state index contributed by atoms with van der Waals surface area (Å²) in [4.78, 5) is 14.4. The molecular weight excluding hydrogens is 270 g/mol. The highest BCUT2D eigenvalue weighted by Gasteiger charge is 2.24. The van der Waals surface area contributed by atoms with Gasteiger partial charge >= 0.3 is 0 Å². The maximum atomic E-state index is 12.5. The summed E-state index contributed by atoms with van der Waals surface area (Å²) in [7, 11) is 0. The van der Waals surface area contributed by atoms with Gasteiger partial charge in [0.2, 0.25) is 0 Å². The molecule has 3 rings (SSSR count). The third-order valence-corrected chi connectivity index (χ3v) is 4.11. The number of fused-ring (bicyclic) bond motifs is 1. The molecular formula is C17H16ClNO. The molecule has 3 heteroatoms. The molecule has 1 amide bonds. The highest BCUT2D eigenvalue weighted by atomic mass is 35.5. The normalized spacial score (nSPS) is 14.3. The molecule has 0 spiro atoms. The largest absolute Gasteiger partial charge is 0.334 e. The third kappa shape index (κ3) is 2.44. The van der Waals surface area contributed by atoms with Crippen LogP contribution in [0.25, 0.3) is 0 Å². The van der Waals surface area contributed by atoms with Gasteiger partial charge in [0.05, 0.1) is 0 Å². The van der Waals surface area contributed by atoms with Crippen LogP contribution in [0.5, 0.6) is 0 Å². The molecule has 0 aliphatic carbocycles. The molecule has 1 aliphatic rings. The van der Waals surface area contributed by atoms with E-state index in [1.54, 1.807) is 0 Å². The Hall–Kier alpha value is -1.80. The first-order valence-corrected chi connectivity index (χ1v) is 7.15. The number of amides is 1. The van der Waals surface area contributed by atoms with Crippen LogP contribution in [-0.4, -0.2) is 17.4 Å². The summed E-state index contributed by atoms with van der Waals surface area (Å²) in [6.45, 7) is 3.34. The van der Waals surface area contributed by atoms with Gasteiger partial charge in [-0.05, 0) is 42.2 Å². The van der Waals surface area contributed by atoms with Crippen molar-refractivity contribution in [1.82, 2.24) is 4.90 Å². The molecule has 0 atom stereocenters. The minimum absolute atomic E-state index is 0.100. The van der Waals surface area contributed by atoms with Gasteiger partial charge in [0.25, 0.3) is 5.91 Å². The Balaban J connectivity index is 1.85. The van der Waals surface area contributed by atoms with Crippen molar-refractivity contribution in [2.24, 2.45) is 0 Å². The maximum Gasteiger partial charge on any atom is 0.254 e. The molecule has 0 fully saturated rings. The van der Waals surface area contributed by atoms with E-state index in [4.69, 9.17) is 11.6 Å². The molecule has 2 aromatic rings. The number of benzene rings is 2. The summed E-state index contributed by atoms with van der Waals surface area (Å²) in [6, 6.07) is 13.8. The lowest BCUT2D eigenvalue weighted by molar-refractivity contribution is 0.0727. The van der Waals surface area contributed by atoms with Crippen molar-refractivity contribution in [1.29, 1.82) is 0 Å². The van der Waals surface area contributed by atoms with Crippen molar-refractivity contribution in [2.75, 3.05) is 6.54 Å². The number of rotatable bonds is 2. The van der Waals surface area contributed by atoms with E-state index in [9.17, 15) is 4.79 Å². The molecule has 102 valence electrons. The zero-order valence-electron chi connectivity index (χ0n) is 11.4. The number of carbonyl (C=O) groups is 1. The number of halogens is 1. The summed E-state index contributed by atoms with van der Waals surface area (Å²) < 4.78 is 0. The second kappa shape index (κ2) is 5.29. The van der Waals surface area contributed by atoms with Crippen LogP contribution in [0.2, 0.25) is 5.02 Å². The molecule has 2 aromatic carbocycles. The Bertz CT molecular complexity index is 666. The fourth-order valence-corrected chi connectivity index (χ4v) is 2.91. The molecule has 1 heterocycles. The topological polar surface area (TPSA) is 20.3 Å². The van der Waals surface area contributed by atoms with Crippen LogP contribution in [0.1, 0.15) is 27.0 Å². The summed E-state index contributed by atoms with van der Waals surface area (Å²) >= 11 is 6.26. The Morgan fingerprint density at radius 2 is 2.00 bits per heavy atom. The summed E-state index contributed by atoms with van der Waals surface area (Å²) in [5, 5.41) is 0.733. The summed E-state index contributed by atoms with van der Waals surface area (Å²) in [6.07, 6.45) is 0.908. The first kappa shape index (κ1) is 13.2. The van der Waals surface area contributed by atoms with E-state index >= 15 is 0 Å². The van der Waals surface area contributed by atoms with E-state index < -0.39 is 0 Å². The van der Waals surface area contributed by atoms with E-state index in [1.807, 2.05) is 54.3 Å². The minimum Gasteiger partial charge on any atom is -0.334 e. The second-order valence-electron chi connectivity index (χ2n) is 5.23. The molecule has 0 aromatic heterocycles. The van der Waals surface area contributed by atoms with Crippen molar-refractivity contribution < 1.29 is 4.79 Å². The van der Waals surface area contributed by atoms with Crippen molar-refractivity contribution >= 4 is 17.5 Å². The standard InChI is InChI=1S/C17H16ClNO/c1-12-6-7-14(16(18)10-12)11-19-9-8-13-4-2-3-5-15(13)17(19)20/h2-7,10H,8-9,11H2,1H3. The summed E-state index contributed by atoms with van der Waals surface area (Å²) in [5.74, 6) is 0.100. The lowest BCUT2D eigenvalue weighted by Crippen LogP contribution is -2.37. The zero-order valence-corrected chi connectivity index (χ0v) is 12.2. The summed E-state index contributed by atoms with van der Waals surface area (Å²) in [5.41, 5.74) is 4.10. The van der Waals surface area contributed by atoms with Crippen LogP contribution >= 0.6 is 11.6 Å². The van der Waals surface area contributed by atoms with Gasteiger partial charge in [0.15, 0.2) is 0 Å². The van der Waals surface area contributed by atoms with Gasteiger partial charge in [0.1, 0.15) is 0 Å². The molecule has 20 heavy (non-hydrogen) atoms. The molecule has 0 radical (unpaired) electrons. The Kier molecular flexibility index (Phi) is 3.49. The van der Waals surface area contributed by atoms with Crippen LogP contribution in [-0.2, 0) is 13.0 Å². The van der Waals surface area contributed by atoms with E-state index in [0.717, 1.165) is 40.2 Å². The maximum absolute atomic E-state index is 12.5. The number of hydrogen-bond donors (Lipinski definition) is 0. The highest BCUT2D eigenvalue weighted by molar-refractivity contribution is 6.31. The lowest BCUT2D eigenvalue weighted by atomic mass is 9.98. The number of hydrogen-bond acceptors (Lipinski definition) is 1.